The lowest BCUT2D eigenvalue weighted by Crippen LogP contribution is -2.40. The molecule has 4 heteroatoms. The monoisotopic (exact) mass is 223 g/mol. The molecule has 1 aliphatic rings. The second-order valence-corrected chi connectivity index (χ2v) is 4.56. The zero-order valence-electron chi connectivity index (χ0n) is 9.45. The molecule has 4 nitrogen and oxygen atoms in total. The van der Waals surface area contributed by atoms with Crippen molar-refractivity contribution in [3.8, 4) is 0 Å². The third-order valence-electron chi connectivity index (χ3n) is 3.11. The summed E-state index contributed by atoms with van der Waals surface area (Å²) < 4.78 is 5.06. The molecule has 88 valence electrons. The van der Waals surface area contributed by atoms with Gasteiger partial charge in [0.1, 0.15) is 12.0 Å². The van der Waals surface area contributed by atoms with E-state index in [1.165, 1.54) is 6.26 Å². The first-order valence-corrected chi connectivity index (χ1v) is 5.65. The van der Waals surface area contributed by atoms with Gasteiger partial charge in [-0.2, -0.15) is 0 Å². The van der Waals surface area contributed by atoms with Crippen molar-refractivity contribution in [1.82, 2.24) is 5.32 Å². The molecular formula is C12H17NO3. The summed E-state index contributed by atoms with van der Waals surface area (Å²) in [6, 6.07) is 1.69. The van der Waals surface area contributed by atoms with Crippen LogP contribution < -0.4 is 5.32 Å². The predicted molar refractivity (Wildman–Crippen MR) is 59.2 cm³/mol. The first kappa shape index (κ1) is 11.2. The van der Waals surface area contributed by atoms with E-state index in [-0.39, 0.29) is 5.91 Å². The van der Waals surface area contributed by atoms with E-state index in [0.29, 0.717) is 17.9 Å². The van der Waals surface area contributed by atoms with Gasteiger partial charge in [-0.05, 0) is 25.8 Å². The van der Waals surface area contributed by atoms with Crippen molar-refractivity contribution >= 4 is 5.91 Å². The molecule has 1 aliphatic carbocycles. The molecule has 0 bridgehead atoms. The largest absolute Gasteiger partial charge is 0.469 e. The van der Waals surface area contributed by atoms with Gasteiger partial charge in [0.15, 0.2) is 0 Å². The van der Waals surface area contributed by atoms with Crippen LogP contribution in [0.3, 0.4) is 0 Å². The first-order chi connectivity index (χ1) is 7.59. The van der Waals surface area contributed by atoms with Crippen LogP contribution in [0.1, 0.15) is 41.8 Å². The SMILES string of the molecule is Cc1cc(C(=O)NCC2(O)CCCC2)co1. The van der Waals surface area contributed by atoms with Crippen LogP contribution in [0.4, 0.5) is 0 Å². The highest BCUT2D eigenvalue weighted by molar-refractivity contribution is 5.93. The molecule has 16 heavy (non-hydrogen) atoms. The second kappa shape index (κ2) is 4.29. The van der Waals surface area contributed by atoms with Crippen LogP contribution in [0.15, 0.2) is 16.7 Å². The minimum Gasteiger partial charge on any atom is -0.469 e. The molecule has 1 fully saturated rings. The van der Waals surface area contributed by atoms with E-state index in [1.54, 1.807) is 13.0 Å². The van der Waals surface area contributed by atoms with Crippen molar-refractivity contribution in [2.45, 2.75) is 38.2 Å². The Hall–Kier alpha value is -1.29. The van der Waals surface area contributed by atoms with Gasteiger partial charge in [-0.15, -0.1) is 0 Å². The van der Waals surface area contributed by atoms with E-state index in [1.807, 2.05) is 0 Å². The van der Waals surface area contributed by atoms with Crippen LogP contribution in [0.5, 0.6) is 0 Å². The number of nitrogens with one attached hydrogen (secondary N) is 1. The maximum atomic E-state index is 11.7. The summed E-state index contributed by atoms with van der Waals surface area (Å²) >= 11 is 0. The average Bonchev–Trinajstić information content (AvgIpc) is 2.85. The van der Waals surface area contributed by atoms with Crippen LogP contribution in [0.2, 0.25) is 0 Å². The standard InChI is InChI=1S/C12H17NO3/c1-9-6-10(7-16-9)11(14)13-8-12(15)4-2-3-5-12/h6-7,15H,2-5,8H2,1H3,(H,13,14). The highest BCUT2D eigenvalue weighted by Gasteiger charge is 2.31. The first-order valence-electron chi connectivity index (χ1n) is 5.65. The molecule has 1 heterocycles. The van der Waals surface area contributed by atoms with Crippen molar-refractivity contribution in [1.29, 1.82) is 0 Å². The van der Waals surface area contributed by atoms with Crippen LogP contribution in [-0.2, 0) is 0 Å². The molecule has 1 aromatic rings. The minimum atomic E-state index is -0.700. The lowest BCUT2D eigenvalue weighted by molar-refractivity contribution is 0.0449. The van der Waals surface area contributed by atoms with Gasteiger partial charge in [-0.3, -0.25) is 4.79 Å². The third-order valence-corrected chi connectivity index (χ3v) is 3.11. The molecule has 2 rings (SSSR count). The van der Waals surface area contributed by atoms with E-state index < -0.39 is 5.60 Å². The highest BCUT2D eigenvalue weighted by atomic mass is 16.3. The summed E-state index contributed by atoms with van der Waals surface area (Å²) in [4.78, 5) is 11.7. The number of aliphatic hydroxyl groups is 1. The van der Waals surface area contributed by atoms with Crippen LogP contribution in [0.25, 0.3) is 0 Å². The van der Waals surface area contributed by atoms with Gasteiger partial charge in [0.05, 0.1) is 11.2 Å². The van der Waals surface area contributed by atoms with Gasteiger partial charge in [0.25, 0.3) is 5.91 Å². The van der Waals surface area contributed by atoms with Crippen molar-refractivity contribution in [3.63, 3.8) is 0 Å². The van der Waals surface area contributed by atoms with Gasteiger partial charge in [0.2, 0.25) is 0 Å². The lowest BCUT2D eigenvalue weighted by atomic mass is 10.0. The number of rotatable bonds is 3. The van der Waals surface area contributed by atoms with Gasteiger partial charge >= 0.3 is 0 Å². The third kappa shape index (κ3) is 2.44. The number of furan rings is 1. The van der Waals surface area contributed by atoms with Gasteiger partial charge in [0, 0.05) is 6.54 Å². The molecule has 2 N–H and O–H groups in total. The van der Waals surface area contributed by atoms with E-state index in [2.05, 4.69) is 5.32 Å². The fourth-order valence-electron chi connectivity index (χ4n) is 2.12. The van der Waals surface area contributed by atoms with Crippen molar-refractivity contribution < 1.29 is 14.3 Å². The lowest BCUT2D eigenvalue weighted by Gasteiger charge is -2.21. The van der Waals surface area contributed by atoms with Gasteiger partial charge < -0.3 is 14.8 Å². The van der Waals surface area contributed by atoms with E-state index in [9.17, 15) is 9.90 Å². The van der Waals surface area contributed by atoms with Crippen LogP contribution >= 0.6 is 0 Å². The normalized spacial score (nSPS) is 18.6. The summed E-state index contributed by atoms with van der Waals surface area (Å²) in [7, 11) is 0. The molecule has 0 spiro atoms. The Morgan fingerprint density at radius 1 is 1.56 bits per heavy atom. The summed E-state index contributed by atoms with van der Waals surface area (Å²) in [5, 5.41) is 12.8. The van der Waals surface area contributed by atoms with Crippen LogP contribution in [0, 0.1) is 6.92 Å². The fraction of sp³-hybridized carbons (Fsp3) is 0.583. The number of carbonyl (C=O) groups excluding carboxylic acids is 1. The number of carbonyl (C=O) groups is 1. The Balaban J connectivity index is 1.88. The summed E-state index contributed by atoms with van der Waals surface area (Å²) in [5.74, 6) is 0.530. The molecule has 1 amide bonds. The van der Waals surface area contributed by atoms with Crippen LogP contribution in [-0.4, -0.2) is 23.2 Å². The average molecular weight is 223 g/mol. The van der Waals surface area contributed by atoms with Gasteiger partial charge in [-0.25, -0.2) is 0 Å². The zero-order valence-corrected chi connectivity index (χ0v) is 9.45. The Kier molecular flexibility index (Phi) is 3.01. The molecule has 0 unspecified atom stereocenters. The molecule has 1 saturated carbocycles. The van der Waals surface area contributed by atoms with E-state index in [4.69, 9.17) is 4.42 Å². The van der Waals surface area contributed by atoms with Crippen molar-refractivity contribution in [3.05, 3.63) is 23.7 Å². The number of hydrogen-bond donors (Lipinski definition) is 2. The number of aryl methyl sites for hydroxylation is 1. The number of hydrogen-bond acceptors (Lipinski definition) is 3. The topological polar surface area (TPSA) is 62.5 Å². The van der Waals surface area contributed by atoms with E-state index in [0.717, 1.165) is 25.7 Å². The maximum absolute atomic E-state index is 11.7. The Labute approximate surface area is 94.6 Å². The molecule has 0 aliphatic heterocycles. The Morgan fingerprint density at radius 2 is 2.25 bits per heavy atom. The zero-order chi connectivity index (χ0) is 11.6. The van der Waals surface area contributed by atoms with E-state index >= 15 is 0 Å². The summed E-state index contributed by atoms with van der Waals surface area (Å²) in [6.07, 6.45) is 5.06. The number of amides is 1. The van der Waals surface area contributed by atoms with Crippen molar-refractivity contribution in [2.75, 3.05) is 6.54 Å². The summed E-state index contributed by atoms with van der Waals surface area (Å²) in [5.41, 5.74) is -0.187. The quantitative estimate of drug-likeness (QED) is 0.818. The Bertz CT molecular complexity index is 377. The molecular weight excluding hydrogens is 206 g/mol. The molecule has 0 saturated heterocycles. The maximum Gasteiger partial charge on any atom is 0.254 e. The highest BCUT2D eigenvalue weighted by Crippen LogP contribution is 2.28. The summed E-state index contributed by atoms with van der Waals surface area (Å²) in [6.45, 7) is 2.12. The molecule has 1 aromatic heterocycles. The van der Waals surface area contributed by atoms with Crippen molar-refractivity contribution in [2.24, 2.45) is 0 Å². The molecule has 0 aromatic carbocycles. The smallest absolute Gasteiger partial charge is 0.254 e. The fourth-order valence-corrected chi connectivity index (χ4v) is 2.12. The minimum absolute atomic E-state index is 0.183. The predicted octanol–water partition coefficient (Wildman–Crippen LogP) is 1.62. The second-order valence-electron chi connectivity index (χ2n) is 4.56. The van der Waals surface area contributed by atoms with Gasteiger partial charge in [-0.1, -0.05) is 12.8 Å². The Morgan fingerprint density at radius 3 is 2.81 bits per heavy atom. The molecule has 0 atom stereocenters. The molecule has 0 radical (unpaired) electrons.